The van der Waals surface area contributed by atoms with Crippen LogP contribution in [0, 0.1) is 0 Å². The molecule has 1 aromatic heterocycles. The highest BCUT2D eigenvalue weighted by Crippen LogP contribution is 2.18. The molecule has 0 amide bonds. The summed E-state index contributed by atoms with van der Waals surface area (Å²) in [4.78, 5) is 6.51. The summed E-state index contributed by atoms with van der Waals surface area (Å²) in [5, 5.41) is 0. The fourth-order valence-electron chi connectivity index (χ4n) is 1.40. The number of benzene rings is 1. The summed E-state index contributed by atoms with van der Waals surface area (Å²) in [7, 11) is 2.03. The molecule has 4 heteroatoms. The number of nitrogen functional groups attached to an aromatic ring is 1. The molecule has 0 aliphatic carbocycles. The first-order valence-corrected chi connectivity index (χ1v) is 5.02. The Morgan fingerprint density at radius 3 is 3.00 bits per heavy atom. The lowest BCUT2D eigenvalue weighted by Gasteiger charge is -2.09. The minimum absolute atomic E-state index is 0.714. The van der Waals surface area contributed by atoms with Gasteiger partial charge >= 0.3 is 0 Å². The number of nitrogens with two attached hydrogens (primary N) is 1. The lowest BCUT2D eigenvalue weighted by molar-refractivity contribution is 0.307. The number of anilines is 1. The number of rotatable bonds is 3. The molecule has 15 heavy (non-hydrogen) atoms. The summed E-state index contributed by atoms with van der Waals surface area (Å²) in [6.45, 7) is 3.80. The van der Waals surface area contributed by atoms with E-state index in [9.17, 15) is 0 Å². The van der Waals surface area contributed by atoms with Crippen LogP contribution < -0.4 is 5.73 Å². The van der Waals surface area contributed by atoms with Crippen molar-refractivity contribution < 1.29 is 4.42 Å². The third-order valence-corrected chi connectivity index (χ3v) is 2.40. The number of aromatic nitrogens is 1. The molecule has 0 unspecified atom stereocenters. The van der Waals surface area contributed by atoms with Crippen LogP contribution in [0.15, 0.2) is 22.6 Å². The van der Waals surface area contributed by atoms with Crippen molar-refractivity contribution in [3.63, 3.8) is 0 Å². The zero-order valence-corrected chi connectivity index (χ0v) is 9.03. The molecule has 0 saturated heterocycles. The Labute approximate surface area is 88.7 Å². The lowest BCUT2D eigenvalue weighted by atomic mass is 10.3. The number of nitrogens with zero attached hydrogens (tertiary/aromatic N) is 2. The molecule has 0 aliphatic heterocycles. The van der Waals surface area contributed by atoms with Crippen LogP contribution in [-0.4, -0.2) is 23.5 Å². The predicted octanol–water partition coefficient (Wildman–Crippen LogP) is 1.86. The highest BCUT2D eigenvalue weighted by atomic mass is 16.3. The minimum Gasteiger partial charge on any atom is -0.439 e. The highest BCUT2D eigenvalue weighted by Gasteiger charge is 2.07. The van der Waals surface area contributed by atoms with E-state index >= 15 is 0 Å². The van der Waals surface area contributed by atoms with Gasteiger partial charge in [0.15, 0.2) is 5.58 Å². The van der Waals surface area contributed by atoms with Gasteiger partial charge in [0.2, 0.25) is 5.89 Å². The van der Waals surface area contributed by atoms with Crippen LogP contribution in [-0.2, 0) is 6.54 Å². The van der Waals surface area contributed by atoms with Gasteiger partial charge in [-0.05, 0) is 31.8 Å². The maximum atomic E-state index is 5.67. The molecule has 2 rings (SSSR count). The third-order valence-electron chi connectivity index (χ3n) is 2.40. The Morgan fingerprint density at radius 1 is 1.47 bits per heavy atom. The van der Waals surface area contributed by atoms with Crippen LogP contribution in [0.1, 0.15) is 12.8 Å². The van der Waals surface area contributed by atoms with E-state index in [1.54, 1.807) is 0 Å². The Balaban J connectivity index is 2.30. The van der Waals surface area contributed by atoms with Crippen molar-refractivity contribution in [3.05, 3.63) is 24.1 Å². The topological polar surface area (TPSA) is 55.3 Å². The molecular formula is C11H15N3O. The quantitative estimate of drug-likeness (QED) is 0.777. The summed E-state index contributed by atoms with van der Waals surface area (Å²) in [6.07, 6.45) is 0. The second-order valence-corrected chi connectivity index (χ2v) is 3.67. The zero-order valence-electron chi connectivity index (χ0n) is 9.03. The average Bonchev–Trinajstić information content (AvgIpc) is 2.59. The summed E-state index contributed by atoms with van der Waals surface area (Å²) in [6, 6.07) is 5.50. The van der Waals surface area contributed by atoms with Crippen LogP contribution in [0.5, 0.6) is 0 Å². The van der Waals surface area contributed by atoms with Crippen molar-refractivity contribution in [1.82, 2.24) is 9.88 Å². The van der Waals surface area contributed by atoms with Crippen LogP contribution in [0.3, 0.4) is 0 Å². The minimum atomic E-state index is 0.714. The van der Waals surface area contributed by atoms with Crippen molar-refractivity contribution in [2.75, 3.05) is 19.3 Å². The molecule has 4 nitrogen and oxygen atoms in total. The van der Waals surface area contributed by atoms with E-state index in [1.807, 2.05) is 25.2 Å². The van der Waals surface area contributed by atoms with Gasteiger partial charge in [0.1, 0.15) is 5.52 Å². The standard InChI is InChI=1S/C11H15N3O/c1-3-14(2)7-11-13-9-6-8(12)4-5-10(9)15-11/h4-6H,3,7,12H2,1-2H3. The van der Waals surface area contributed by atoms with Crippen molar-refractivity contribution in [2.24, 2.45) is 0 Å². The molecule has 0 radical (unpaired) electrons. The zero-order chi connectivity index (χ0) is 10.8. The Kier molecular flexibility index (Phi) is 2.60. The van der Waals surface area contributed by atoms with E-state index in [0.717, 1.165) is 30.1 Å². The van der Waals surface area contributed by atoms with Crippen LogP contribution >= 0.6 is 0 Å². The van der Waals surface area contributed by atoms with Crippen LogP contribution in [0.25, 0.3) is 11.1 Å². The Hall–Kier alpha value is -1.55. The highest BCUT2D eigenvalue weighted by molar-refractivity contribution is 5.76. The first-order valence-electron chi connectivity index (χ1n) is 5.02. The van der Waals surface area contributed by atoms with Gasteiger partial charge in [-0.15, -0.1) is 0 Å². The number of hydrogen-bond acceptors (Lipinski definition) is 4. The lowest BCUT2D eigenvalue weighted by Crippen LogP contribution is -2.16. The van der Waals surface area contributed by atoms with Gasteiger partial charge in [-0.2, -0.15) is 0 Å². The molecule has 0 aliphatic rings. The molecular weight excluding hydrogens is 190 g/mol. The van der Waals surface area contributed by atoms with Crippen molar-refractivity contribution in [3.8, 4) is 0 Å². The molecule has 0 atom stereocenters. The van der Waals surface area contributed by atoms with Gasteiger partial charge in [-0.25, -0.2) is 4.98 Å². The second kappa shape index (κ2) is 3.90. The molecule has 2 N–H and O–H groups in total. The monoisotopic (exact) mass is 205 g/mol. The van der Waals surface area contributed by atoms with Gasteiger partial charge in [0.25, 0.3) is 0 Å². The van der Waals surface area contributed by atoms with Gasteiger partial charge in [-0.3, -0.25) is 4.90 Å². The van der Waals surface area contributed by atoms with E-state index in [1.165, 1.54) is 0 Å². The van der Waals surface area contributed by atoms with Crippen LogP contribution in [0.2, 0.25) is 0 Å². The largest absolute Gasteiger partial charge is 0.439 e. The second-order valence-electron chi connectivity index (χ2n) is 3.67. The van der Waals surface area contributed by atoms with E-state index < -0.39 is 0 Å². The smallest absolute Gasteiger partial charge is 0.209 e. The first-order chi connectivity index (χ1) is 7.19. The molecule has 1 aromatic carbocycles. The van der Waals surface area contributed by atoms with Gasteiger partial charge in [0.05, 0.1) is 6.54 Å². The maximum Gasteiger partial charge on any atom is 0.209 e. The molecule has 0 bridgehead atoms. The summed E-state index contributed by atoms with van der Waals surface area (Å²) < 4.78 is 5.59. The van der Waals surface area contributed by atoms with Gasteiger partial charge < -0.3 is 10.2 Å². The number of hydrogen-bond donors (Lipinski definition) is 1. The van der Waals surface area contributed by atoms with Gasteiger partial charge in [-0.1, -0.05) is 6.92 Å². The van der Waals surface area contributed by atoms with E-state index in [2.05, 4.69) is 16.8 Å². The molecule has 80 valence electrons. The van der Waals surface area contributed by atoms with Crippen LogP contribution in [0.4, 0.5) is 5.69 Å². The molecule has 1 heterocycles. The summed E-state index contributed by atoms with van der Waals surface area (Å²) >= 11 is 0. The summed E-state index contributed by atoms with van der Waals surface area (Å²) in [5.41, 5.74) is 8.01. The number of fused-ring (bicyclic) bond motifs is 1. The molecule has 2 aromatic rings. The van der Waals surface area contributed by atoms with E-state index in [-0.39, 0.29) is 0 Å². The van der Waals surface area contributed by atoms with E-state index in [4.69, 9.17) is 10.2 Å². The fourth-order valence-corrected chi connectivity index (χ4v) is 1.40. The third kappa shape index (κ3) is 2.10. The van der Waals surface area contributed by atoms with Crippen molar-refractivity contribution in [2.45, 2.75) is 13.5 Å². The fraction of sp³-hybridized carbons (Fsp3) is 0.364. The Bertz CT molecular complexity index is 464. The molecule has 0 spiro atoms. The number of oxazole rings is 1. The SMILES string of the molecule is CCN(C)Cc1nc2cc(N)ccc2o1. The average molecular weight is 205 g/mol. The van der Waals surface area contributed by atoms with E-state index in [0.29, 0.717) is 5.69 Å². The van der Waals surface area contributed by atoms with Crippen molar-refractivity contribution in [1.29, 1.82) is 0 Å². The van der Waals surface area contributed by atoms with Crippen molar-refractivity contribution >= 4 is 16.8 Å². The van der Waals surface area contributed by atoms with Gasteiger partial charge in [0, 0.05) is 5.69 Å². The molecule has 0 fully saturated rings. The Morgan fingerprint density at radius 2 is 2.27 bits per heavy atom. The predicted molar refractivity (Wildman–Crippen MR) is 60.4 cm³/mol. The summed E-state index contributed by atoms with van der Waals surface area (Å²) in [5.74, 6) is 0.736. The maximum absolute atomic E-state index is 5.67. The first kappa shape index (κ1) is 9.98. The normalized spacial score (nSPS) is 11.4. The molecule has 0 saturated carbocycles.